The Bertz CT molecular complexity index is 830. The van der Waals surface area contributed by atoms with Crippen molar-refractivity contribution in [3.63, 3.8) is 0 Å². The molecule has 0 aliphatic heterocycles. The molecule has 0 aliphatic carbocycles. The van der Waals surface area contributed by atoms with Gasteiger partial charge in [0.2, 0.25) is 11.7 Å². The summed E-state index contributed by atoms with van der Waals surface area (Å²) in [5.41, 5.74) is 6.08. The van der Waals surface area contributed by atoms with Gasteiger partial charge in [-0.15, -0.1) is 0 Å². The van der Waals surface area contributed by atoms with Gasteiger partial charge < -0.3 is 10.5 Å². The Morgan fingerprint density at radius 2 is 2.00 bits per heavy atom. The predicted molar refractivity (Wildman–Crippen MR) is 77.1 cm³/mol. The quantitative estimate of drug-likeness (QED) is 0.585. The Hall–Kier alpha value is -3.22. The molecule has 7 heteroatoms. The summed E-state index contributed by atoms with van der Waals surface area (Å²) in [6, 6.07) is 11.8. The number of benzene rings is 1. The van der Waals surface area contributed by atoms with Crippen molar-refractivity contribution < 1.29 is 9.66 Å². The van der Waals surface area contributed by atoms with Crippen LogP contribution in [0.1, 0.15) is 0 Å². The van der Waals surface area contributed by atoms with Crippen LogP contribution < -0.4 is 10.5 Å². The first-order valence-electron chi connectivity index (χ1n) is 6.07. The van der Waals surface area contributed by atoms with Crippen LogP contribution in [0, 0.1) is 10.1 Å². The van der Waals surface area contributed by atoms with E-state index in [-0.39, 0.29) is 17.4 Å². The lowest BCUT2D eigenvalue weighted by Gasteiger charge is -2.08. The number of nitrogens with zero attached hydrogens (tertiary/aromatic N) is 3. The van der Waals surface area contributed by atoms with Crippen molar-refractivity contribution in [2.24, 2.45) is 0 Å². The van der Waals surface area contributed by atoms with Crippen LogP contribution >= 0.6 is 0 Å². The monoisotopic (exact) mass is 282 g/mol. The van der Waals surface area contributed by atoms with Gasteiger partial charge in [-0.05, 0) is 24.3 Å². The molecule has 0 saturated heterocycles. The van der Waals surface area contributed by atoms with Gasteiger partial charge in [-0.25, -0.2) is 0 Å². The highest BCUT2D eigenvalue weighted by atomic mass is 16.6. The van der Waals surface area contributed by atoms with E-state index in [9.17, 15) is 10.1 Å². The number of hydrogen-bond donors (Lipinski definition) is 1. The molecule has 0 amide bonds. The first-order chi connectivity index (χ1) is 10.1. The zero-order chi connectivity index (χ0) is 14.8. The van der Waals surface area contributed by atoms with Crippen molar-refractivity contribution in [2.75, 3.05) is 5.73 Å². The van der Waals surface area contributed by atoms with Crippen molar-refractivity contribution in [3.8, 4) is 11.6 Å². The Labute approximate surface area is 119 Å². The lowest BCUT2D eigenvalue weighted by Crippen LogP contribution is -1.99. The summed E-state index contributed by atoms with van der Waals surface area (Å²) in [6.45, 7) is 0. The van der Waals surface area contributed by atoms with Crippen LogP contribution in [0.3, 0.4) is 0 Å². The lowest BCUT2D eigenvalue weighted by molar-refractivity contribution is -0.384. The van der Waals surface area contributed by atoms with E-state index in [2.05, 4.69) is 9.97 Å². The van der Waals surface area contributed by atoms with Gasteiger partial charge in [0.1, 0.15) is 5.75 Å². The highest BCUT2D eigenvalue weighted by molar-refractivity contribution is 5.85. The smallest absolute Gasteiger partial charge is 0.311 e. The van der Waals surface area contributed by atoms with Gasteiger partial charge in [-0.3, -0.25) is 15.1 Å². The van der Waals surface area contributed by atoms with Crippen LogP contribution in [0.25, 0.3) is 10.9 Å². The molecule has 3 rings (SSSR count). The van der Waals surface area contributed by atoms with Crippen molar-refractivity contribution in [1.29, 1.82) is 0 Å². The van der Waals surface area contributed by atoms with E-state index >= 15 is 0 Å². The number of aromatic nitrogens is 2. The Kier molecular flexibility index (Phi) is 3.07. The Morgan fingerprint density at radius 3 is 2.76 bits per heavy atom. The average molecular weight is 282 g/mol. The standard InChI is InChI=1S/C14H10N4O3/c15-14-11(18(19)20)6-7-13(17-14)21-12-5-1-4-10-9(12)3-2-8-16-10/h1-8H,(H2,15,17). The zero-order valence-corrected chi connectivity index (χ0v) is 10.8. The van der Waals surface area contributed by atoms with Gasteiger partial charge in [0.15, 0.2) is 0 Å². The van der Waals surface area contributed by atoms with E-state index in [1.807, 2.05) is 12.1 Å². The maximum absolute atomic E-state index is 10.7. The van der Waals surface area contributed by atoms with Crippen LogP contribution in [-0.2, 0) is 0 Å². The highest BCUT2D eigenvalue weighted by Crippen LogP contribution is 2.30. The molecule has 2 aromatic heterocycles. The first kappa shape index (κ1) is 12.8. The number of nitrogen functional groups attached to an aromatic ring is 1. The second-order valence-corrected chi connectivity index (χ2v) is 4.24. The number of fused-ring (bicyclic) bond motifs is 1. The maximum atomic E-state index is 10.7. The first-order valence-corrected chi connectivity index (χ1v) is 6.07. The largest absolute Gasteiger partial charge is 0.438 e. The van der Waals surface area contributed by atoms with E-state index in [0.717, 1.165) is 10.9 Å². The Morgan fingerprint density at radius 1 is 1.14 bits per heavy atom. The molecule has 3 aromatic rings. The molecular weight excluding hydrogens is 272 g/mol. The highest BCUT2D eigenvalue weighted by Gasteiger charge is 2.14. The summed E-state index contributed by atoms with van der Waals surface area (Å²) in [4.78, 5) is 18.2. The number of nitrogens with two attached hydrogens (primary N) is 1. The van der Waals surface area contributed by atoms with Gasteiger partial charge in [-0.2, -0.15) is 4.98 Å². The third-order valence-corrected chi connectivity index (χ3v) is 2.89. The van der Waals surface area contributed by atoms with Crippen molar-refractivity contribution >= 4 is 22.4 Å². The summed E-state index contributed by atoms with van der Waals surface area (Å²) >= 11 is 0. The van der Waals surface area contributed by atoms with Crippen LogP contribution in [0.4, 0.5) is 11.5 Å². The second-order valence-electron chi connectivity index (χ2n) is 4.24. The van der Waals surface area contributed by atoms with Gasteiger partial charge in [0, 0.05) is 23.7 Å². The molecule has 0 atom stereocenters. The fraction of sp³-hybridized carbons (Fsp3) is 0. The molecule has 2 N–H and O–H groups in total. The molecule has 0 unspecified atom stereocenters. The average Bonchev–Trinajstić information content (AvgIpc) is 2.47. The minimum absolute atomic E-state index is 0.184. The van der Waals surface area contributed by atoms with Gasteiger partial charge >= 0.3 is 5.69 Å². The minimum Gasteiger partial charge on any atom is -0.438 e. The van der Waals surface area contributed by atoms with Crippen molar-refractivity contribution in [3.05, 3.63) is 58.8 Å². The van der Waals surface area contributed by atoms with Gasteiger partial charge in [-0.1, -0.05) is 6.07 Å². The third kappa shape index (κ3) is 2.44. The molecule has 0 bridgehead atoms. The molecule has 0 spiro atoms. The second kappa shape index (κ2) is 5.04. The van der Waals surface area contributed by atoms with E-state index in [4.69, 9.17) is 10.5 Å². The fourth-order valence-corrected chi connectivity index (χ4v) is 1.94. The number of nitro groups is 1. The summed E-state index contributed by atoms with van der Waals surface area (Å²) in [5, 5.41) is 11.5. The zero-order valence-electron chi connectivity index (χ0n) is 10.8. The number of ether oxygens (including phenoxy) is 1. The van der Waals surface area contributed by atoms with E-state index in [0.29, 0.717) is 5.75 Å². The molecular formula is C14H10N4O3. The molecule has 7 nitrogen and oxygen atoms in total. The summed E-state index contributed by atoms with van der Waals surface area (Å²) in [5.74, 6) is 0.562. The topological polar surface area (TPSA) is 104 Å². The number of hydrogen-bond acceptors (Lipinski definition) is 6. The van der Waals surface area contributed by atoms with Crippen LogP contribution in [0.2, 0.25) is 0 Å². The van der Waals surface area contributed by atoms with Crippen LogP contribution in [-0.4, -0.2) is 14.9 Å². The molecule has 21 heavy (non-hydrogen) atoms. The normalized spacial score (nSPS) is 10.5. The van der Waals surface area contributed by atoms with E-state index in [1.165, 1.54) is 12.1 Å². The van der Waals surface area contributed by atoms with Crippen LogP contribution in [0.5, 0.6) is 11.6 Å². The summed E-state index contributed by atoms with van der Waals surface area (Å²) < 4.78 is 5.65. The number of anilines is 1. The van der Waals surface area contributed by atoms with E-state index < -0.39 is 4.92 Å². The minimum atomic E-state index is -0.589. The molecule has 0 saturated carbocycles. The molecule has 0 aliphatic rings. The molecule has 104 valence electrons. The fourth-order valence-electron chi connectivity index (χ4n) is 1.94. The predicted octanol–water partition coefficient (Wildman–Crippen LogP) is 2.91. The van der Waals surface area contributed by atoms with Crippen molar-refractivity contribution in [1.82, 2.24) is 9.97 Å². The van der Waals surface area contributed by atoms with Crippen LogP contribution in [0.15, 0.2) is 48.7 Å². The molecule has 0 fully saturated rings. The number of pyridine rings is 2. The van der Waals surface area contributed by atoms with Gasteiger partial charge in [0.05, 0.1) is 10.4 Å². The maximum Gasteiger partial charge on any atom is 0.311 e. The summed E-state index contributed by atoms with van der Waals surface area (Å²) in [7, 11) is 0. The third-order valence-electron chi connectivity index (χ3n) is 2.89. The SMILES string of the molecule is Nc1nc(Oc2cccc3ncccc23)ccc1[N+](=O)[O-]. The van der Waals surface area contributed by atoms with Crippen molar-refractivity contribution in [2.45, 2.75) is 0 Å². The Balaban J connectivity index is 1.99. The summed E-state index contributed by atoms with van der Waals surface area (Å²) in [6.07, 6.45) is 1.69. The molecule has 0 radical (unpaired) electrons. The van der Waals surface area contributed by atoms with Gasteiger partial charge in [0.25, 0.3) is 0 Å². The van der Waals surface area contributed by atoms with E-state index in [1.54, 1.807) is 24.4 Å². The lowest BCUT2D eigenvalue weighted by atomic mass is 10.2. The molecule has 1 aromatic carbocycles. The number of rotatable bonds is 3. The molecule has 2 heterocycles.